The molecule has 17 heavy (non-hydrogen) atoms. The third-order valence-electron chi connectivity index (χ3n) is 3.32. The van der Waals surface area contributed by atoms with Crippen molar-refractivity contribution in [3.05, 3.63) is 26.9 Å². The lowest BCUT2D eigenvalue weighted by Crippen LogP contribution is -2.50. The lowest BCUT2D eigenvalue weighted by molar-refractivity contribution is 0.0865. The van der Waals surface area contributed by atoms with E-state index in [1.807, 2.05) is 20.8 Å². The van der Waals surface area contributed by atoms with E-state index < -0.39 is 11.6 Å². The van der Waals surface area contributed by atoms with Gasteiger partial charge in [0.1, 0.15) is 5.82 Å². The van der Waals surface area contributed by atoms with Crippen LogP contribution in [0.5, 0.6) is 0 Å². The molecule has 0 fully saturated rings. The molecule has 2 rings (SSSR count). The Hall–Kier alpha value is -0.320. The van der Waals surface area contributed by atoms with Crippen LogP contribution >= 0.6 is 27.5 Å². The highest BCUT2D eigenvalue weighted by atomic mass is 79.9. The van der Waals surface area contributed by atoms with E-state index in [2.05, 4.69) is 21.2 Å². The van der Waals surface area contributed by atoms with Crippen LogP contribution in [0.25, 0.3) is 0 Å². The summed E-state index contributed by atoms with van der Waals surface area (Å²) in [6, 6.07) is 1.34. The highest BCUT2D eigenvalue weighted by Gasteiger charge is 2.41. The molecule has 0 aliphatic carbocycles. The highest BCUT2D eigenvalue weighted by Crippen LogP contribution is 2.46. The maximum Gasteiger partial charge on any atom is 0.147 e. The topological polar surface area (TPSA) is 32.3 Å². The molecule has 0 radical (unpaired) electrons. The molecule has 0 spiro atoms. The zero-order valence-electron chi connectivity index (χ0n) is 9.81. The summed E-state index contributed by atoms with van der Waals surface area (Å²) in [6.07, 6.45) is -0.624. The molecule has 1 aromatic carbocycles. The molecule has 1 aliphatic rings. The number of halogens is 3. The summed E-state index contributed by atoms with van der Waals surface area (Å²) in [4.78, 5) is 0. The van der Waals surface area contributed by atoms with Gasteiger partial charge in [-0.1, -0.05) is 18.5 Å². The second-order valence-electron chi connectivity index (χ2n) is 5.02. The fourth-order valence-electron chi connectivity index (χ4n) is 2.35. The molecule has 5 heteroatoms. The van der Waals surface area contributed by atoms with Gasteiger partial charge in [0.2, 0.25) is 0 Å². The molecule has 2 unspecified atom stereocenters. The average Bonchev–Trinajstić information content (AvgIpc) is 2.22. The van der Waals surface area contributed by atoms with E-state index in [0.29, 0.717) is 20.7 Å². The Balaban J connectivity index is 2.69. The number of aliphatic hydroxyl groups excluding tert-OH is 1. The van der Waals surface area contributed by atoms with Crippen LogP contribution in [0.3, 0.4) is 0 Å². The third kappa shape index (κ3) is 1.96. The van der Waals surface area contributed by atoms with E-state index in [1.165, 1.54) is 6.07 Å². The van der Waals surface area contributed by atoms with Gasteiger partial charge in [0.25, 0.3) is 0 Å². The molecule has 2 nitrogen and oxygen atoms in total. The summed E-state index contributed by atoms with van der Waals surface area (Å²) in [6.45, 7) is 5.53. The van der Waals surface area contributed by atoms with Gasteiger partial charge in [0.15, 0.2) is 0 Å². The molecule has 0 bridgehead atoms. The molecule has 1 aliphatic heterocycles. The van der Waals surface area contributed by atoms with E-state index in [0.717, 1.165) is 0 Å². The first-order chi connectivity index (χ1) is 7.75. The van der Waals surface area contributed by atoms with Gasteiger partial charge < -0.3 is 10.4 Å². The monoisotopic (exact) mass is 321 g/mol. The quantitative estimate of drug-likeness (QED) is 0.710. The Labute approximate surface area is 113 Å². The second-order valence-corrected chi connectivity index (χ2v) is 6.26. The molecular weight excluding hydrogens is 308 g/mol. The minimum Gasteiger partial charge on any atom is -0.390 e. The first-order valence-corrected chi connectivity index (χ1v) is 6.56. The Bertz CT molecular complexity index is 478. The molecule has 0 saturated carbocycles. The number of fused-ring (bicyclic) bond motifs is 1. The number of hydrogen-bond donors (Lipinski definition) is 2. The van der Waals surface area contributed by atoms with Crippen LogP contribution in [0.1, 0.15) is 32.3 Å². The molecule has 2 N–H and O–H groups in total. The third-order valence-corrected chi connectivity index (χ3v) is 4.58. The van der Waals surface area contributed by atoms with Gasteiger partial charge in [-0.25, -0.2) is 4.39 Å². The van der Waals surface area contributed by atoms with Crippen molar-refractivity contribution in [2.75, 3.05) is 5.32 Å². The number of nitrogens with one attached hydrogen (secondary N) is 1. The highest BCUT2D eigenvalue weighted by molar-refractivity contribution is 9.10. The molecule has 2 atom stereocenters. The van der Waals surface area contributed by atoms with Crippen molar-refractivity contribution in [1.29, 1.82) is 0 Å². The summed E-state index contributed by atoms with van der Waals surface area (Å²) in [7, 11) is 0. The Kier molecular flexibility index (Phi) is 3.17. The van der Waals surface area contributed by atoms with Crippen molar-refractivity contribution in [3.8, 4) is 0 Å². The molecular formula is C12H14BrClFNO. The van der Waals surface area contributed by atoms with Crippen LogP contribution in [0.4, 0.5) is 10.1 Å². The first-order valence-electron chi connectivity index (χ1n) is 5.39. The Morgan fingerprint density at radius 1 is 1.53 bits per heavy atom. The van der Waals surface area contributed by atoms with Gasteiger partial charge in [-0.3, -0.25) is 0 Å². The molecule has 1 heterocycles. The van der Waals surface area contributed by atoms with Gasteiger partial charge >= 0.3 is 0 Å². The van der Waals surface area contributed by atoms with E-state index in [9.17, 15) is 9.50 Å². The van der Waals surface area contributed by atoms with Gasteiger partial charge in [0, 0.05) is 16.0 Å². The van der Waals surface area contributed by atoms with Gasteiger partial charge in [0.05, 0.1) is 22.4 Å². The van der Waals surface area contributed by atoms with Crippen LogP contribution in [-0.2, 0) is 0 Å². The number of anilines is 1. The first kappa shape index (κ1) is 13.1. The molecule has 94 valence electrons. The van der Waals surface area contributed by atoms with Crippen molar-refractivity contribution >= 4 is 33.2 Å². The van der Waals surface area contributed by atoms with Gasteiger partial charge in [-0.15, -0.1) is 0 Å². The molecule has 0 amide bonds. The molecule has 0 saturated heterocycles. The fraction of sp³-hybridized carbons (Fsp3) is 0.500. The number of benzene rings is 1. The summed E-state index contributed by atoms with van der Waals surface area (Å²) in [5.74, 6) is -0.580. The van der Waals surface area contributed by atoms with Crippen molar-refractivity contribution < 1.29 is 9.50 Å². The maximum absolute atomic E-state index is 13.9. The minimum atomic E-state index is -0.624. The van der Waals surface area contributed by atoms with Crippen molar-refractivity contribution in [2.24, 2.45) is 0 Å². The number of aliphatic hydroxyl groups is 1. The SMILES string of the molecule is CC1c2c(Cl)c(Br)cc(F)c2NC(C)(C)C1O. The zero-order valence-corrected chi connectivity index (χ0v) is 12.2. The Morgan fingerprint density at radius 3 is 2.71 bits per heavy atom. The number of rotatable bonds is 0. The average molecular weight is 323 g/mol. The summed E-state index contributed by atoms with van der Waals surface area (Å²) in [5, 5.41) is 13.7. The minimum absolute atomic E-state index is 0.222. The standard InChI is InChI=1S/C12H14BrClFNO/c1-5-8-9(14)6(13)4-7(15)10(8)16-12(2,3)11(5)17/h4-5,11,16-17H,1-3H3. The summed E-state index contributed by atoms with van der Waals surface area (Å²) < 4.78 is 14.4. The summed E-state index contributed by atoms with van der Waals surface area (Å²) in [5.41, 5.74) is 0.441. The van der Waals surface area contributed by atoms with Crippen molar-refractivity contribution in [1.82, 2.24) is 0 Å². The van der Waals surface area contributed by atoms with Gasteiger partial charge in [-0.05, 0) is 35.8 Å². The smallest absolute Gasteiger partial charge is 0.147 e. The number of hydrogen-bond acceptors (Lipinski definition) is 2. The zero-order chi connectivity index (χ0) is 13.0. The van der Waals surface area contributed by atoms with Crippen LogP contribution < -0.4 is 5.32 Å². The van der Waals surface area contributed by atoms with Crippen LogP contribution in [0.15, 0.2) is 10.5 Å². The predicted molar refractivity (Wildman–Crippen MR) is 71.2 cm³/mol. The van der Waals surface area contributed by atoms with E-state index >= 15 is 0 Å². The van der Waals surface area contributed by atoms with Crippen LogP contribution in [0, 0.1) is 5.82 Å². The fourth-order valence-corrected chi connectivity index (χ4v) is 3.08. The largest absolute Gasteiger partial charge is 0.390 e. The van der Waals surface area contributed by atoms with Crippen LogP contribution in [0.2, 0.25) is 5.02 Å². The van der Waals surface area contributed by atoms with Crippen LogP contribution in [-0.4, -0.2) is 16.7 Å². The summed E-state index contributed by atoms with van der Waals surface area (Å²) >= 11 is 9.39. The van der Waals surface area contributed by atoms with Gasteiger partial charge in [-0.2, -0.15) is 0 Å². The van der Waals surface area contributed by atoms with E-state index in [4.69, 9.17) is 11.6 Å². The van der Waals surface area contributed by atoms with Crippen molar-refractivity contribution in [2.45, 2.75) is 38.3 Å². The van der Waals surface area contributed by atoms with Crippen molar-refractivity contribution in [3.63, 3.8) is 0 Å². The maximum atomic E-state index is 13.9. The lowest BCUT2D eigenvalue weighted by Gasteiger charge is -2.42. The Morgan fingerprint density at radius 2 is 2.12 bits per heavy atom. The lowest BCUT2D eigenvalue weighted by atomic mass is 9.79. The van der Waals surface area contributed by atoms with E-state index in [1.54, 1.807) is 0 Å². The van der Waals surface area contributed by atoms with E-state index in [-0.39, 0.29) is 11.7 Å². The normalized spacial score (nSPS) is 26.3. The molecule has 0 aromatic heterocycles. The molecule has 1 aromatic rings. The second kappa shape index (κ2) is 4.11. The predicted octanol–water partition coefficient (Wildman–Crippen LogP) is 3.91.